The molecule has 28 heavy (non-hydrogen) atoms. The van der Waals surface area contributed by atoms with Gasteiger partial charge in [-0.05, 0) is 30.7 Å². The van der Waals surface area contributed by atoms with Crippen molar-refractivity contribution in [1.82, 2.24) is 0 Å². The van der Waals surface area contributed by atoms with Crippen LogP contribution in [0, 0.1) is 0 Å². The second kappa shape index (κ2) is 13.4. The summed E-state index contributed by atoms with van der Waals surface area (Å²) in [6.45, 7) is 4.47. The monoisotopic (exact) mass is 398 g/mol. The van der Waals surface area contributed by atoms with Crippen LogP contribution < -0.4 is 8.85 Å². The molecule has 0 unspecified atom stereocenters. The Morgan fingerprint density at radius 1 is 0.571 bits per heavy atom. The summed E-state index contributed by atoms with van der Waals surface area (Å²) < 4.78 is 12.8. The standard InChI is InChI=1S/C25H38O2Si/c1-3-4-5-6-7-8-9-10-11-18-23-28(2,26-24-19-14-12-15-20-24)27-25-21-16-13-17-22-25/h12-17,19-22H,3-11,18,23H2,1-2H3. The molecule has 0 saturated carbocycles. The number of rotatable bonds is 15. The van der Waals surface area contributed by atoms with Crippen molar-refractivity contribution in [2.24, 2.45) is 0 Å². The topological polar surface area (TPSA) is 18.5 Å². The Kier molecular flexibility index (Phi) is 10.8. The van der Waals surface area contributed by atoms with E-state index < -0.39 is 8.56 Å². The van der Waals surface area contributed by atoms with Gasteiger partial charge in [0, 0.05) is 12.6 Å². The molecule has 0 radical (unpaired) electrons. The summed E-state index contributed by atoms with van der Waals surface area (Å²) in [6.07, 6.45) is 13.5. The van der Waals surface area contributed by atoms with Gasteiger partial charge in [-0.25, -0.2) is 0 Å². The minimum absolute atomic E-state index is 0.916. The van der Waals surface area contributed by atoms with E-state index in [0.717, 1.165) is 17.5 Å². The number of para-hydroxylation sites is 2. The summed E-state index contributed by atoms with van der Waals surface area (Å²) in [4.78, 5) is 0. The lowest BCUT2D eigenvalue weighted by Crippen LogP contribution is -2.45. The lowest BCUT2D eigenvalue weighted by Gasteiger charge is -2.28. The highest BCUT2D eigenvalue weighted by molar-refractivity contribution is 6.67. The third-order valence-electron chi connectivity index (χ3n) is 5.14. The van der Waals surface area contributed by atoms with Crippen molar-refractivity contribution in [2.45, 2.75) is 83.7 Å². The molecule has 0 saturated heterocycles. The normalized spacial score (nSPS) is 11.4. The zero-order valence-electron chi connectivity index (χ0n) is 17.9. The van der Waals surface area contributed by atoms with Gasteiger partial charge in [0.15, 0.2) is 0 Å². The first kappa shape index (κ1) is 22.5. The molecular formula is C25H38O2Si. The van der Waals surface area contributed by atoms with Crippen LogP contribution in [0.1, 0.15) is 71.1 Å². The van der Waals surface area contributed by atoms with E-state index in [1.807, 2.05) is 60.7 Å². The highest BCUT2D eigenvalue weighted by atomic mass is 28.4. The van der Waals surface area contributed by atoms with Crippen LogP contribution in [0.2, 0.25) is 12.6 Å². The average Bonchev–Trinajstić information content (AvgIpc) is 2.71. The van der Waals surface area contributed by atoms with E-state index in [0.29, 0.717) is 0 Å². The molecule has 0 aliphatic heterocycles. The number of unbranched alkanes of at least 4 members (excludes halogenated alkanes) is 9. The molecule has 0 aromatic heterocycles. The molecule has 0 aliphatic rings. The Morgan fingerprint density at radius 3 is 1.39 bits per heavy atom. The van der Waals surface area contributed by atoms with E-state index in [1.165, 1.54) is 64.2 Å². The largest absolute Gasteiger partial charge is 0.512 e. The number of hydrogen-bond donors (Lipinski definition) is 0. The fraction of sp³-hybridized carbons (Fsp3) is 0.520. The molecule has 2 aromatic carbocycles. The fourth-order valence-corrected chi connectivity index (χ4v) is 5.94. The van der Waals surface area contributed by atoms with Gasteiger partial charge < -0.3 is 8.85 Å². The first-order chi connectivity index (χ1) is 13.7. The van der Waals surface area contributed by atoms with Crippen molar-refractivity contribution in [3.05, 3.63) is 60.7 Å². The lowest BCUT2D eigenvalue weighted by atomic mass is 10.1. The van der Waals surface area contributed by atoms with Crippen LogP contribution in [0.25, 0.3) is 0 Å². The third kappa shape index (κ3) is 9.45. The smallest absolute Gasteiger partial charge is 0.457 e. The van der Waals surface area contributed by atoms with Gasteiger partial charge in [-0.2, -0.15) is 0 Å². The minimum Gasteiger partial charge on any atom is -0.512 e. The van der Waals surface area contributed by atoms with E-state index in [9.17, 15) is 0 Å². The minimum atomic E-state index is -2.32. The molecule has 154 valence electrons. The van der Waals surface area contributed by atoms with Crippen LogP contribution in [-0.2, 0) is 0 Å². The second-order valence-corrected chi connectivity index (χ2v) is 11.1. The second-order valence-electron chi connectivity index (χ2n) is 7.90. The predicted molar refractivity (Wildman–Crippen MR) is 122 cm³/mol. The molecular weight excluding hydrogens is 360 g/mol. The maximum Gasteiger partial charge on any atom is 0.457 e. The fourth-order valence-electron chi connectivity index (χ4n) is 3.53. The summed E-state index contributed by atoms with van der Waals surface area (Å²) in [6, 6.07) is 21.2. The highest BCUT2D eigenvalue weighted by Crippen LogP contribution is 2.25. The van der Waals surface area contributed by atoms with E-state index in [2.05, 4.69) is 13.5 Å². The van der Waals surface area contributed by atoms with Gasteiger partial charge in [0.05, 0.1) is 0 Å². The molecule has 2 rings (SSSR count). The highest BCUT2D eigenvalue weighted by Gasteiger charge is 2.35. The first-order valence-corrected chi connectivity index (χ1v) is 13.7. The Morgan fingerprint density at radius 2 is 0.964 bits per heavy atom. The molecule has 0 heterocycles. The van der Waals surface area contributed by atoms with Crippen molar-refractivity contribution < 1.29 is 8.85 Å². The molecule has 0 aliphatic carbocycles. The molecule has 2 nitrogen and oxygen atoms in total. The zero-order chi connectivity index (χ0) is 19.9. The number of hydrogen-bond acceptors (Lipinski definition) is 2. The average molecular weight is 399 g/mol. The van der Waals surface area contributed by atoms with Crippen molar-refractivity contribution in [3.63, 3.8) is 0 Å². The first-order valence-electron chi connectivity index (χ1n) is 11.2. The van der Waals surface area contributed by atoms with E-state index in [1.54, 1.807) is 0 Å². The molecule has 0 bridgehead atoms. The van der Waals surface area contributed by atoms with Crippen LogP contribution >= 0.6 is 0 Å². The quantitative estimate of drug-likeness (QED) is 0.223. The Labute approximate surface area is 173 Å². The van der Waals surface area contributed by atoms with E-state index in [-0.39, 0.29) is 0 Å². The van der Waals surface area contributed by atoms with Gasteiger partial charge in [-0.3, -0.25) is 0 Å². The van der Waals surface area contributed by atoms with E-state index >= 15 is 0 Å². The van der Waals surface area contributed by atoms with Crippen molar-refractivity contribution >= 4 is 8.56 Å². The Bertz CT molecular complexity index is 573. The van der Waals surface area contributed by atoms with Gasteiger partial charge >= 0.3 is 8.56 Å². The molecule has 3 heteroatoms. The van der Waals surface area contributed by atoms with Crippen molar-refractivity contribution in [2.75, 3.05) is 0 Å². The van der Waals surface area contributed by atoms with Gasteiger partial charge in [0.2, 0.25) is 0 Å². The van der Waals surface area contributed by atoms with Crippen LogP contribution in [0.3, 0.4) is 0 Å². The van der Waals surface area contributed by atoms with E-state index in [4.69, 9.17) is 8.85 Å². The van der Waals surface area contributed by atoms with Gasteiger partial charge in [-0.1, -0.05) is 101 Å². The Hall–Kier alpha value is -1.74. The summed E-state index contributed by atoms with van der Waals surface area (Å²) in [7, 11) is -2.32. The van der Waals surface area contributed by atoms with Gasteiger partial charge in [0.25, 0.3) is 0 Å². The summed E-state index contributed by atoms with van der Waals surface area (Å²) in [5.74, 6) is 1.83. The maximum absolute atomic E-state index is 6.41. The van der Waals surface area contributed by atoms with Crippen molar-refractivity contribution in [1.29, 1.82) is 0 Å². The maximum atomic E-state index is 6.41. The van der Waals surface area contributed by atoms with Crippen molar-refractivity contribution in [3.8, 4) is 11.5 Å². The molecule has 2 aromatic rings. The third-order valence-corrected chi connectivity index (χ3v) is 7.74. The predicted octanol–water partition coefficient (Wildman–Crippen LogP) is 8.14. The Balaban J connectivity index is 1.75. The molecule has 0 N–H and O–H groups in total. The molecule has 0 amide bonds. The van der Waals surface area contributed by atoms with Crippen LogP contribution in [0.4, 0.5) is 0 Å². The van der Waals surface area contributed by atoms with Gasteiger partial charge in [0.1, 0.15) is 11.5 Å². The summed E-state index contributed by atoms with van der Waals surface area (Å²) in [5.41, 5.74) is 0. The summed E-state index contributed by atoms with van der Waals surface area (Å²) >= 11 is 0. The van der Waals surface area contributed by atoms with Crippen LogP contribution in [-0.4, -0.2) is 8.56 Å². The van der Waals surface area contributed by atoms with Gasteiger partial charge in [-0.15, -0.1) is 0 Å². The molecule has 0 fully saturated rings. The number of benzene rings is 2. The summed E-state index contributed by atoms with van der Waals surface area (Å²) in [5, 5.41) is 0. The van der Waals surface area contributed by atoms with Crippen LogP contribution in [0.5, 0.6) is 11.5 Å². The lowest BCUT2D eigenvalue weighted by molar-refractivity contribution is 0.384. The molecule has 0 spiro atoms. The molecule has 0 atom stereocenters. The SMILES string of the molecule is CCCCCCCCCCCC[Si](C)(Oc1ccccc1)Oc1ccccc1. The van der Waals surface area contributed by atoms with Crippen LogP contribution in [0.15, 0.2) is 60.7 Å². The zero-order valence-corrected chi connectivity index (χ0v) is 18.9.